The molecular formula is C18H17ClN4O3. The summed E-state index contributed by atoms with van der Waals surface area (Å²) >= 11 is 6.02. The van der Waals surface area contributed by atoms with E-state index in [-0.39, 0.29) is 17.6 Å². The summed E-state index contributed by atoms with van der Waals surface area (Å²) in [5.74, 6) is 0.833. The molecule has 1 aromatic carbocycles. The second kappa shape index (κ2) is 7.29. The van der Waals surface area contributed by atoms with Gasteiger partial charge in [0.2, 0.25) is 6.39 Å². The van der Waals surface area contributed by atoms with Crippen molar-refractivity contribution in [3.63, 3.8) is 0 Å². The normalized spacial score (nSPS) is 17.9. The first-order valence-corrected chi connectivity index (χ1v) is 8.90. The molecule has 8 heteroatoms. The summed E-state index contributed by atoms with van der Waals surface area (Å²) in [6, 6.07) is 8.66. The van der Waals surface area contributed by atoms with Crippen LogP contribution in [0.3, 0.4) is 0 Å². The highest BCUT2D eigenvalue weighted by atomic mass is 35.5. The van der Waals surface area contributed by atoms with Crippen molar-refractivity contribution in [3.8, 4) is 11.3 Å². The molecule has 1 atom stereocenters. The number of amides is 1. The summed E-state index contributed by atoms with van der Waals surface area (Å²) in [5.41, 5.74) is 1.03. The predicted octanol–water partition coefficient (Wildman–Crippen LogP) is 4.14. The summed E-state index contributed by atoms with van der Waals surface area (Å²) in [6.07, 6.45) is 5.08. The largest absolute Gasteiger partial charge is 0.355 e. The summed E-state index contributed by atoms with van der Waals surface area (Å²) in [7, 11) is 0. The highest BCUT2D eigenvalue weighted by Crippen LogP contribution is 2.30. The van der Waals surface area contributed by atoms with Gasteiger partial charge in [0.15, 0.2) is 17.3 Å². The van der Waals surface area contributed by atoms with Gasteiger partial charge in [-0.25, -0.2) is 0 Å². The van der Waals surface area contributed by atoms with Gasteiger partial charge in [0.1, 0.15) is 0 Å². The standard InChI is InChI=1S/C18H17ClN4O3/c19-13-6-4-5-12(9-13)16-10-14(21-26-16)18(24)23-8-3-1-2-7-15(23)17-20-11-25-22-17/h4-6,9-11,15H,1-3,7-8H2. The van der Waals surface area contributed by atoms with Crippen LogP contribution < -0.4 is 0 Å². The second-order valence-corrected chi connectivity index (χ2v) is 6.68. The van der Waals surface area contributed by atoms with Crippen LogP contribution in [-0.2, 0) is 0 Å². The third-order valence-electron chi connectivity index (χ3n) is 4.53. The molecule has 0 saturated carbocycles. The molecule has 0 N–H and O–H groups in total. The molecule has 1 fully saturated rings. The van der Waals surface area contributed by atoms with Crippen molar-refractivity contribution in [1.29, 1.82) is 0 Å². The average Bonchev–Trinajstić information content (AvgIpc) is 3.29. The molecule has 3 aromatic rings. The maximum atomic E-state index is 13.1. The third-order valence-corrected chi connectivity index (χ3v) is 4.76. The van der Waals surface area contributed by atoms with Gasteiger partial charge >= 0.3 is 0 Å². The third kappa shape index (κ3) is 3.35. The number of hydrogen-bond acceptors (Lipinski definition) is 6. The zero-order chi connectivity index (χ0) is 17.9. The molecule has 3 heterocycles. The summed E-state index contributed by atoms with van der Waals surface area (Å²) < 4.78 is 10.2. The van der Waals surface area contributed by atoms with Gasteiger partial charge in [-0.1, -0.05) is 46.9 Å². The van der Waals surface area contributed by atoms with Crippen LogP contribution in [-0.4, -0.2) is 32.6 Å². The quantitative estimate of drug-likeness (QED) is 0.687. The Bertz CT molecular complexity index is 893. The zero-order valence-electron chi connectivity index (χ0n) is 14.0. The van der Waals surface area contributed by atoms with Gasteiger partial charge in [-0.15, -0.1) is 0 Å². The number of rotatable bonds is 3. The first-order valence-electron chi connectivity index (χ1n) is 8.52. The van der Waals surface area contributed by atoms with E-state index < -0.39 is 0 Å². The lowest BCUT2D eigenvalue weighted by atomic mass is 10.1. The van der Waals surface area contributed by atoms with Crippen molar-refractivity contribution in [1.82, 2.24) is 20.2 Å². The van der Waals surface area contributed by atoms with Crippen LogP contribution in [0.4, 0.5) is 0 Å². The van der Waals surface area contributed by atoms with Crippen LogP contribution in [0.2, 0.25) is 5.02 Å². The molecule has 1 amide bonds. The molecule has 0 radical (unpaired) electrons. The van der Waals surface area contributed by atoms with E-state index in [2.05, 4.69) is 15.3 Å². The topological polar surface area (TPSA) is 85.3 Å². The first-order chi connectivity index (χ1) is 12.7. The molecule has 2 aromatic heterocycles. The molecule has 0 bridgehead atoms. The van der Waals surface area contributed by atoms with Crippen LogP contribution in [0.15, 0.2) is 45.8 Å². The Morgan fingerprint density at radius 3 is 2.92 bits per heavy atom. The molecule has 1 aliphatic heterocycles. The number of likely N-dealkylation sites (tertiary alicyclic amines) is 1. The van der Waals surface area contributed by atoms with Crippen LogP contribution in [0, 0.1) is 0 Å². The zero-order valence-corrected chi connectivity index (χ0v) is 14.7. The fourth-order valence-electron chi connectivity index (χ4n) is 3.25. The van der Waals surface area contributed by atoms with Gasteiger partial charge in [-0.2, -0.15) is 4.98 Å². The lowest BCUT2D eigenvalue weighted by Crippen LogP contribution is -2.35. The molecule has 26 heavy (non-hydrogen) atoms. The molecule has 134 valence electrons. The number of aromatic nitrogens is 3. The van der Waals surface area contributed by atoms with Crippen LogP contribution in [0.5, 0.6) is 0 Å². The summed E-state index contributed by atoms with van der Waals surface area (Å²) in [4.78, 5) is 19.0. The number of nitrogens with zero attached hydrogens (tertiary/aromatic N) is 4. The van der Waals surface area contributed by atoms with Gasteiger partial charge in [0.25, 0.3) is 5.91 Å². The van der Waals surface area contributed by atoms with Crippen LogP contribution in [0.25, 0.3) is 11.3 Å². The lowest BCUT2D eigenvalue weighted by Gasteiger charge is -2.26. The minimum absolute atomic E-state index is 0.196. The molecule has 0 spiro atoms. The van der Waals surface area contributed by atoms with E-state index in [0.717, 1.165) is 31.2 Å². The van der Waals surface area contributed by atoms with Crippen molar-refractivity contribution in [2.45, 2.75) is 31.7 Å². The minimum atomic E-state index is -0.213. The van der Waals surface area contributed by atoms with Crippen molar-refractivity contribution in [2.24, 2.45) is 0 Å². The van der Waals surface area contributed by atoms with Gasteiger partial charge in [-0.05, 0) is 25.0 Å². The Morgan fingerprint density at radius 2 is 2.12 bits per heavy atom. The molecule has 0 aliphatic carbocycles. The minimum Gasteiger partial charge on any atom is -0.355 e. The number of carbonyl (C=O) groups excluding carboxylic acids is 1. The second-order valence-electron chi connectivity index (χ2n) is 6.24. The first kappa shape index (κ1) is 16.8. The van der Waals surface area contributed by atoms with Gasteiger partial charge < -0.3 is 13.9 Å². The van der Waals surface area contributed by atoms with E-state index >= 15 is 0 Å². The Labute approximate surface area is 154 Å². The average molecular weight is 373 g/mol. The van der Waals surface area contributed by atoms with Crippen molar-refractivity contribution >= 4 is 17.5 Å². The maximum Gasteiger partial charge on any atom is 0.276 e. The molecule has 1 saturated heterocycles. The molecule has 1 unspecified atom stereocenters. The van der Waals surface area contributed by atoms with E-state index in [4.69, 9.17) is 20.6 Å². The van der Waals surface area contributed by atoms with Crippen LogP contribution >= 0.6 is 11.6 Å². The van der Waals surface area contributed by atoms with E-state index in [0.29, 0.717) is 23.2 Å². The Hall–Kier alpha value is -2.67. The summed E-state index contributed by atoms with van der Waals surface area (Å²) in [5, 5.41) is 8.50. The van der Waals surface area contributed by atoms with E-state index in [1.807, 2.05) is 12.1 Å². The fourth-order valence-corrected chi connectivity index (χ4v) is 3.44. The van der Waals surface area contributed by atoms with Crippen LogP contribution in [0.1, 0.15) is 48.0 Å². The van der Waals surface area contributed by atoms with Crippen molar-refractivity contribution in [2.75, 3.05) is 6.54 Å². The van der Waals surface area contributed by atoms with Crippen molar-refractivity contribution < 1.29 is 13.8 Å². The van der Waals surface area contributed by atoms with Gasteiger partial charge in [0, 0.05) is 23.2 Å². The monoisotopic (exact) mass is 372 g/mol. The van der Waals surface area contributed by atoms with E-state index in [1.54, 1.807) is 23.1 Å². The number of halogens is 1. The lowest BCUT2D eigenvalue weighted by molar-refractivity contribution is 0.0660. The highest BCUT2D eigenvalue weighted by Gasteiger charge is 2.32. The van der Waals surface area contributed by atoms with Gasteiger partial charge in [-0.3, -0.25) is 4.79 Å². The predicted molar refractivity (Wildman–Crippen MR) is 93.5 cm³/mol. The molecule has 7 nitrogen and oxygen atoms in total. The number of benzene rings is 1. The van der Waals surface area contributed by atoms with E-state index in [1.165, 1.54) is 6.39 Å². The van der Waals surface area contributed by atoms with E-state index in [9.17, 15) is 4.79 Å². The molecule has 4 rings (SSSR count). The number of carbonyl (C=O) groups is 1. The highest BCUT2D eigenvalue weighted by molar-refractivity contribution is 6.30. The van der Waals surface area contributed by atoms with Gasteiger partial charge in [0.05, 0.1) is 6.04 Å². The Kier molecular flexibility index (Phi) is 4.71. The fraction of sp³-hybridized carbons (Fsp3) is 0.333. The molecule has 1 aliphatic rings. The molecular weight excluding hydrogens is 356 g/mol. The SMILES string of the molecule is O=C(c1cc(-c2cccc(Cl)c2)on1)N1CCCCCC1c1ncon1. The number of hydrogen-bond donors (Lipinski definition) is 0. The maximum absolute atomic E-state index is 13.1. The Morgan fingerprint density at radius 1 is 1.19 bits per heavy atom. The Balaban J connectivity index is 1.61. The smallest absolute Gasteiger partial charge is 0.276 e. The summed E-state index contributed by atoms with van der Waals surface area (Å²) in [6.45, 7) is 0.622. The van der Waals surface area contributed by atoms with Crippen molar-refractivity contribution in [3.05, 3.63) is 53.3 Å².